The van der Waals surface area contributed by atoms with Gasteiger partial charge in [-0.15, -0.1) is 0 Å². The molecule has 0 saturated heterocycles. The fraction of sp³-hybridized carbons (Fsp3) is 0.353. The van der Waals surface area contributed by atoms with E-state index in [1.54, 1.807) is 18.2 Å². The van der Waals surface area contributed by atoms with Crippen LogP contribution in [0.1, 0.15) is 33.3 Å². The van der Waals surface area contributed by atoms with Crippen molar-refractivity contribution in [3.05, 3.63) is 47.5 Å². The monoisotopic (exact) mass is 290 g/mol. The highest BCUT2D eigenvalue weighted by Gasteiger charge is 2.21. The Hall–Kier alpha value is -1.97. The van der Waals surface area contributed by atoms with Crippen molar-refractivity contribution >= 4 is 16.6 Å². The second-order valence-electron chi connectivity index (χ2n) is 5.70. The molecule has 2 aromatic rings. The van der Waals surface area contributed by atoms with Crippen LogP contribution in [-0.4, -0.2) is 22.8 Å². The normalized spacial score (nSPS) is 11.4. The Bertz CT molecular complexity index is 670. The highest BCUT2D eigenvalue weighted by Crippen LogP contribution is 2.26. The average molecular weight is 290 g/mol. The molecule has 0 aliphatic carbocycles. The Morgan fingerprint density at radius 3 is 2.10 bits per heavy atom. The number of benzene rings is 2. The van der Waals surface area contributed by atoms with Gasteiger partial charge in [0.1, 0.15) is 17.5 Å². The first-order valence-electron chi connectivity index (χ1n) is 7.08. The Morgan fingerprint density at radius 2 is 1.52 bits per heavy atom. The number of hydrogen-bond donors (Lipinski definition) is 1. The van der Waals surface area contributed by atoms with E-state index in [1.807, 2.05) is 32.6 Å². The molecule has 0 aliphatic heterocycles. The van der Waals surface area contributed by atoms with Crippen LogP contribution in [0, 0.1) is 17.0 Å². The molecule has 0 amide bonds. The van der Waals surface area contributed by atoms with Crippen LogP contribution in [0.15, 0.2) is 30.3 Å². The van der Waals surface area contributed by atoms with E-state index < -0.39 is 11.6 Å². The molecule has 0 saturated carbocycles. The summed E-state index contributed by atoms with van der Waals surface area (Å²) in [6.45, 7) is 7.93. The fourth-order valence-corrected chi connectivity index (χ4v) is 2.78. The molecule has 1 N–H and O–H groups in total. The fourth-order valence-electron chi connectivity index (χ4n) is 2.78. The summed E-state index contributed by atoms with van der Waals surface area (Å²) < 4.78 is 28.0. The van der Waals surface area contributed by atoms with Crippen molar-refractivity contribution in [3.63, 3.8) is 0 Å². The van der Waals surface area contributed by atoms with Gasteiger partial charge < -0.3 is 4.90 Å². The molecule has 0 bridgehead atoms. The van der Waals surface area contributed by atoms with Crippen LogP contribution in [0.25, 0.3) is 10.8 Å². The molecule has 0 aromatic heterocycles. The van der Waals surface area contributed by atoms with Gasteiger partial charge in [-0.05, 0) is 39.8 Å². The van der Waals surface area contributed by atoms with Gasteiger partial charge in [-0.3, -0.25) is 5.41 Å². The number of halogens is 2. The molecule has 0 spiro atoms. The molecule has 0 radical (unpaired) electrons. The lowest BCUT2D eigenvalue weighted by atomic mass is 10.0. The summed E-state index contributed by atoms with van der Waals surface area (Å²) in [7, 11) is 0. The minimum atomic E-state index is -0.501. The van der Waals surface area contributed by atoms with Gasteiger partial charge in [0, 0.05) is 28.4 Å². The average Bonchev–Trinajstić information content (AvgIpc) is 2.41. The van der Waals surface area contributed by atoms with Gasteiger partial charge in [0.05, 0.1) is 0 Å². The lowest BCUT2D eigenvalue weighted by Gasteiger charge is -2.33. The van der Waals surface area contributed by atoms with Crippen molar-refractivity contribution in [1.29, 1.82) is 5.41 Å². The third-order valence-electron chi connectivity index (χ3n) is 3.56. The largest absolute Gasteiger partial charge is 0.352 e. The van der Waals surface area contributed by atoms with Crippen LogP contribution >= 0.6 is 0 Å². The summed E-state index contributed by atoms with van der Waals surface area (Å²) in [5.74, 6) is -0.754. The Morgan fingerprint density at radius 1 is 0.952 bits per heavy atom. The summed E-state index contributed by atoms with van der Waals surface area (Å²) in [6, 6.07) is 7.31. The predicted molar refractivity (Wildman–Crippen MR) is 82.8 cm³/mol. The van der Waals surface area contributed by atoms with Crippen molar-refractivity contribution in [2.75, 3.05) is 0 Å². The van der Waals surface area contributed by atoms with Crippen LogP contribution in [0.3, 0.4) is 0 Å². The minimum Gasteiger partial charge on any atom is -0.352 e. The third-order valence-corrected chi connectivity index (χ3v) is 3.56. The molecule has 21 heavy (non-hydrogen) atoms. The molecule has 2 aromatic carbocycles. The smallest absolute Gasteiger partial charge is 0.131 e. The van der Waals surface area contributed by atoms with E-state index >= 15 is 0 Å². The van der Waals surface area contributed by atoms with E-state index in [0.717, 1.165) is 12.1 Å². The maximum Gasteiger partial charge on any atom is 0.131 e. The van der Waals surface area contributed by atoms with Crippen LogP contribution in [-0.2, 0) is 0 Å². The van der Waals surface area contributed by atoms with Crippen molar-refractivity contribution in [2.45, 2.75) is 39.8 Å². The molecule has 0 fully saturated rings. The summed E-state index contributed by atoms with van der Waals surface area (Å²) >= 11 is 0. The molecule has 2 nitrogen and oxygen atoms in total. The van der Waals surface area contributed by atoms with E-state index in [4.69, 9.17) is 5.41 Å². The highest BCUT2D eigenvalue weighted by atomic mass is 19.1. The zero-order chi connectivity index (χ0) is 15.7. The van der Waals surface area contributed by atoms with Crippen LogP contribution in [0.5, 0.6) is 0 Å². The molecule has 0 aliphatic rings. The predicted octanol–water partition coefficient (Wildman–Crippen LogP) is 4.56. The van der Waals surface area contributed by atoms with Crippen molar-refractivity contribution in [2.24, 2.45) is 0 Å². The summed E-state index contributed by atoms with van der Waals surface area (Å²) in [6.07, 6.45) is 0. The minimum absolute atomic E-state index is 0.101. The van der Waals surface area contributed by atoms with Crippen LogP contribution in [0.2, 0.25) is 0 Å². The van der Waals surface area contributed by atoms with Gasteiger partial charge in [-0.1, -0.05) is 18.2 Å². The summed E-state index contributed by atoms with van der Waals surface area (Å²) in [5.41, 5.74) is 0.423. The Balaban J connectivity index is 2.67. The van der Waals surface area contributed by atoms with Crippen LogP contribution in [0.4, 0.5) is 8.78 Å². The number of fused-ring (bicyclic) bond motifs is 1. The van der Waals surface area contributed by atoms with Crippen molar-refractivity contribution in [3.8, 4) is 0 Å². The quantitative estimate of drug-likeness (QED) is 0.651. The van der Waals surface area contributed by atoms with Gasteiger partial charge in [-0.25, -0.2) is 8.78 Å². The van der Waals surface area contributed by atoms with E-state index in [2.05, 4.69) is 0 Å². The zero-order valence-electron chi connectivity index (χ0n) is 12.7. The van der Waals surface area contributed by atoms with E-state index in [9.17, 15) is 8.78 Å². The Kier molecular flexibility index (Phi) is 4.26. The molecular formula is C17H20F2N2. The van der Waals surface area contributed by atoms with Gasteiger partial charge in [-0.2, -0.15) is 0 Å². The van der Waals surface area contributed by atoms with Gasteiger partial charge >= 0.3 is 0 Å². The first kappa shape index (κ1) is 15.4. The first-order chi connectivity index (χ1) is 9.84. The highest BCUT2D eigenvalue weighted by molar-refractivity contribution is 6.08. The summed E-state index contributed by atoms with van der Waals surface area (Å²) in [5, 5.41) is 8.82. The molecule has 0 heterocycles. The van der Waals surface area contributed by atoms with Crippen molar-refractivity contribution < 1.29 is 8.78 Å². The lowest BCUT2D eigenvalue weighted by Crippen LogP contribution is -2.42. The number of nitrogens with zero attached hydrogens (tertiary/aromatic N) is 1. The number of nitrogens with one attached hydrogen (secondary N) is 1. The van der Waals surface area contributed by atoms with E-state index in [1.165, 1.54) is 0 Å². The third kappa shape index (κ3) is 2.75. The van der Waals surface area contributed by atoms with Gasteiger partial charge in [0.25, 0.3) is 0 Å². The van der Waals surface area contributed by atoms with Gasteiger partial charge in [0.2, 0.25) is 0 Å². The van der Waals surface area contributed by atoms with E-state index in [-0.39, 0.29) is 28.7 Å². The van der Waals surface area contributed by atoms with Crippen LogP contribution < -0.4 is 0 Å². The maximum atomic E-state index is 14.2. The first-order valence-corrected chi connectivity index (χ1v) is 7.08. The molecule has 2 rings (SSSR count). The second-order valence-corrected chi connectivity index (χ2v) is 5.70. The Labute approximate surface area is 123 Å². The summed E-state index contributed by atoms with van der Waals surface area (Å²) in [4.78, 5) is 1.89. The molecule has 4 heteroatoms. The van der Waals surface area contributed by atoms with Crippen molar-refractivity contribution in [1.82, 2.24) is 4.90 Å². The standard InChI is InChI=1S/C17H20F2N2/c1-10(2)21(11(3)4)17(20)13-7-5-6-12-14(18)8-9-15(19)16(12)13/h5-11,20H,1-4H3. The van der Waals surface area contributed by atoms with Gasteiger partial charge in [0.15, 0.2) is 0 Å². The molecule has 112 valence electrons. The lowest BCUT2D eigenvalue weighted by molar-refractivity contribution is 0.291. The topological polar surface area (TPSA) is 27.1 Å². The molecule has 0 unspecified atom stereocenters. The number of hydrogen-bond acceptors (Lipinski definition) is 1. The zero-order valence-corrected chi connectivity index (χ0v) is 12.7. The van der Waals surface area contributed by atoms with E-state index in [0.29, 0.717) is 5.56 Å². The maximum absolute atomic E-state index is 14.2. The molecule has 0 atom stereocenters. The number of amidine groups is 1. The number of rotatable bonds is 3. The SMILES string of the molecule is CC(C)N(C(=N)c1cccc2c(F)ccc(F)c12)C(C)C. The molecular weight excluding hydrogens is 270 g/mol. The second kappa shape index (κ2) is 5.80.